The summed E-state index contributed by atoms with van der Waals surface area (Å²) < 4.78 is 5.76. The molecule has 102 valence electrons. The monoisotopic (exact) mass is 277 g/mol. The normalized spacial score (nSPS) is 16.6. The molecular weight excluding hydrogens is 258 g/mol. The van der Waals surface area contributed by atoms with Gasteiger partial charge in [-0.3, -0.25) is 4.90 Å². The van der Waals surface area contributed by atoms with E-state index >= 15 is 0 Å². The van der Waals surface area contributed by atoms with Gasteiger partial charge in [-0.15, -0.1) is 21.5 Å². The fourth-order valence-electron chi connectivity index (χ4n) is 2.25. The number of fused-ring (bicyclic) bond motifs is 1. The zero-order valence-corrected chi connectivity index (χ0v) is 12.5. The van der Waals surface area contributed by atoms with Crippen molar-refractivity contribution in [1.29, 1.82) is 0 Å². The van der Waals surface area contributed by atoms with E-state index in [2.05, 4.69) is 47.3 Å². The largest absolute Gasteiger partial charge is 0.423 e. The van der Waals surface area contributed by atoms with Gasteiger partial charge in [0.1, 0.15) is 0 Å². The maximum Gasteiger partial charge on any atom is 0.230 e. The lowest BCUT2D eigenvalue weighted by molar-refractivity contribution is 0.217. The minimum Gasteiger partial charge on any atom is -0.423 e. The summed E-state index contributed by atoms with van der Waals surface area (Å²) in [6.07, 6.45) is 1.13. The Morgan fingerprint density at radius 3 is 2.95 bits per heavy atom. The highest BCUT2D eigenvalue weighted by molar-refractivity contribution is 7.10. The summed E-state index contributed by atoms with van der Waals surface area (Å²) >= 11 is 1.86. The molecule has 0 bridgehead atoms. The molecule has 2 aromatic rings. The molecule has 0 amide bonds. The number of aromatic nitrogens is 2. The Balaban J connectivity index is 1.68. The Kier molecular flexibility index (Phi) is 3.19. The maximum atomic E-state index is 5.76. The quantitative estimate of drug-likeness (QED) is 0.846. The molecule has 0 saturated carbocycles. The molecule has 1 aliphatic heterocycles. The lowest BCUT2D eigenvalue weighted by atomic mass is 9.97. The van der Waals surface area contributed by atoms with E-state index in [-0.39, 0.29) is 5.41 Å². The van der Waals surface area contributed by atoms with Crippen molar-refractivity contribution in [2.45, 2.75) is 45.7 Å². The van der Waals surface area contributed by atoms with Crippen molar-refractivity contribution in [2.24, 2.45) is 0 Å². The second kappa shape index (κ2) is 4.72. The molecule has 0 radical (unpaired) electrons. The maximum absolute atomic E-state index is 5.76. The molecule has 5 heteroatoms. The molecule has 0 saturated heterocycles. The van der Waals surface area contributed by atoms with E-state index in [1.807, 2.05) is 11.3 Å². The molecule has 0 atom stereocenters. The summed E-state index contributed by atoms with van der Waals surface area (Å²) in [7, 11) is 0. The SMILES string of the molecule is CC(C)(C)c1nnc(CN2CCc3sccc3C2)o1. The Hall–Kier alpha value is -1.20. The fraction of sp³-hybridized carbons (Fsp3) is 0.571. The van der Waals surface area contributed by atoms with Crippen molar-refractivity contribution in [2.75, 3.05) is 6.54 Å². The predicted molar refractivity (Wildman–Crippen MR) is 75.1 cm³/mol. The smallest absolute Gasteiger partial charge is 0.230 e. The standard InChI is InChI=1S/C14H19N3OS/c1-14(2,3)13-16-15-12(18-13)9-17-6-4-11-10(8-17)5-7-19-11/h5,7H,4,6,8-9H2,1-3H3. The van der Waals surface area contributed by atoms with Gasteiger partial charge in [0.25, 0.3) is 0 Å². The van der Waals surface area contributed by atoms with Gasteiger partial charge in [-0.2, -0.15) is 0 Å². The number of thiophene rings is 1. The summed E-state index contributed by atoms with van der Waals surface area (Å²) in [6.45, 7) is 9.07. The van der Waals surface area contributed by atoms with E-state index in [1.165, 1.54) is 10.4 Å². The first-order valence-electron chi connectivity index (χ1n) is 6.63. The average molecular weight is 277 g/mol. The summed E-state index contributed by atoms with van der Waals surface area (Å²) in [5.74, 6) is 1.44. The molecule has 0 unspecified atom stereocenters. The van der Waals surface area contributed by atoms with Crippen LogP contribution in [-0.2, 0) is 24.9 Å². The van der Waals surface area contributed by atoms with E-state index in [0.717, 1.165) is 37.8 Å². The Labute approximate surface area is 117 Å². The molecule has 3 heterocycles. The van der Waals surface area contributed by atoms with Crippen molar-refractivity contribution in [3.05, 3.63) is 33.7 Å². The zero-order valence-electron chi connectivity index (χ0n) is 11.6. The summed E-state index contributed by atoms with van der Waals surface area (Å²) in [4.78, 5) is 3.90. The Morgan fingerprint density at radius 2 is 2.21 bits per heavy atom. The van der Waals surface area contributed by atoms with Crippen LogP contribution in [0.2, 0.25) is 0 Å². The fourth-order valence-corrected chi connectivity index (χ4v) is 3.14. The lowest BCUT2D eigenvalue weighted by Crippen LogP contribution is -2.29. The van der Waals surface area contributed by atoms with Crippen LogP contribution in [0.4, 0.5) is 0 Å². The molecule has 0 N–H and O–H groups in total. The first-order valence-corrected chi connectivity index (χ1v) is 7.51. The van der Waals surface area contributed by atoms with Crippen LogP contribution in [0.3, 0.4) is 0 Å². The molecule has 0 aliphatic carbocycles. The van der Waals surface area contributed by atoms with Gasteiger partial charge in [0.2, 0.25) is 11.8 Å². The summed E-state index contributed by atoms with van der Waals surface area (Å²) in [5, 5.41) is 10.5. The minimum absolute atomic E-state index is 0.0757. The van der Waals surface area contributed by atoms with Crippen molar-refractivity contribution in [1.82, 2.24) is 15.1 Å². The highest BCUT2D eigenvalue weighted by Crippen LogP contribution is 2.25. The van der Waals surface area contributed by atoms with E-state index in [1.54, 1.807) is 0 Å². The van der Waals surface area contributed by atoms with Gasteiger partial charge in [0.15, 0.2) is 0 Å². The van der Waals surface area contributed by atoms with Gasteiger partial charge in [0.05, 0.1) is 6.54 Å². The molecule has 0 aromatic carbocycles. The molecular formula is C14H19N3OS. The molecule has 0 spiro atoms. The molecule has 1 aliphatic rings. The average Bonchev–Trinajstić information content (AvgIpc) is 2.95. The molecule has 0 fully saturated rings. The van der Waals surface area contributed by atoms with Gasteiger partial charge >= 0.3 is 0 Å². The topological polar surface area (TPSA) is 42.2 Å². The van der Waals surface area contributed by atoms with Crippen molar-refractivity contribution in [3.8, 4) is 0 Å². The van der Waals surface area contributed by atoms with Crippen LogP contribution in [-0.4, -0.2) is 21.6 Å². The second-order valence-corrected chi connectivity index (χ2v) is 7.08. The van der Waals surface area contributed by atoms with Crippen LogP contribution in [0.25, 0.3) is 0 Å². The van der Waals surface area contributed by atoms with Crippen LogP contribution >= 0.6 is 11.3 Å². The lowest BCUT2D eigenvalue weighted by Gasteiger charge is -2.25. The highest BCUT2D eigenvalue weighted by Gasteiger charge is 2.23. The highest BCUT2D eigenvalue weighted by atomic mass is 32.1. The van der Waals surface area contributed by atoms with Crippen molar-refractivity contribution >= 4 is 11.3 Å². The molecule has 3 rings (SSSR count). The molecule has 4 nitrogen and oxygen atoms in total. The van der Waals surface area contributed by atoms with Gasteiger partial charge in [0, 0.05) is 23.4 Å². The van der Waals surface area contributed by atoms with Crippen LogP contribution < -0.4 is 0 Å². The van der Waals surface area contributed by atoms with E-state index < -0.39 is 0 Å². The van der Waals surface area contributed by atoms with Gasteiger partial charge in [-0.1, -0.05) is 20.8 Å². The third-order valence-electron chi connectivity index (χ3n) is 3.35. The Morgan fingerprint density at radius 1 is 1.37 bits per heavy atom. The van der Waals surface area contributed by atoms with Crippen molar-refractivity contribution in [3.63, 3.8) is 0 Å². The van der Waals surface area contributed by atoms with E-state index in [0.29, 0.717) is 0 Å². The van der Waals surface area contributed by atoms with Gasteiger partial charge < -0.3 is 4.42 Å². The van der Waals surface area contributed by atoms with Crippen molar-refractivity contribution < 1.29 is 4.42 Å². The first kappa shape index (κ1) is 12.8. The van der Waals surface area contributed by atoms with Crippen LogP contribution in [0, 0.1) is 0 Å². The van der Waals surface area contributed by atoms with Gasteiger partial charge in [-0.05, 0) is 23.4 Å². The van der Waals surface area contributed by atoms with Gasteiger partial charge in [-0.25, -0.2) is 0 Å². The summed E-state index contributed by atoms with van der Waals surface area (Å²) in [5.41, 5.74) is 1.38. The number of hydrogen-bond donors (Lipinski definition) is 0. The number of nitrogens with zero attached hydrogens (tertiary/aromatic N) is 3. The molecule has 19 heavy (non-hydrogen) atoms. The van der Waals surface area contributed by atoms with E-state index in [9.17, 15) is 0 Å². The summed E-state index contributed by atoms with van der Waals surface area (Å²) in [6, 6.07) is 2.22. The first-order chi connectivity index (χ1) is 9.02. The second-order valence-electron chi connectivity index (χ2n) is 6.08. The zero-order chi connectivity index (χ0) is 13.5. The number of hydrogen-bond acceptors (Lipinski definition) is 5. The molecule has 2 aromatic heterocycles. The van der Waals surface area contributed by atoms with Crippen LogP contribution in [0.1, 0.15) is 43.0 Å². The van der Waals surface area contributed by atoms with Crippen LogP contribution in [0.15, 0.2) is 15.9 Å². The third-order valence-corrected chi connectivity index (χ3v) is 4.38. The predicted octanol–water partition coefficient (Wildman–Crippen LogP) is 2.99. The number of rotatable bonds is 2. The minimum atomic E-state index is -0.0757. The van der Waals surface area contributed by atoms with Crippen LogP contribution in [0.5, 0.6) is 0 Å². The third kappa shape index (κ3) is 2.72. The van der Waals surface area contributed by atoms with E-state index in [4.69, 9.17) is 4.42 Å². The Bertz CT molecular complexity index is 567.